The van der Waals surface area contributed by atoms with Crippen molar-refractivity contribution < 1.29 is 32.2 Å². The number of nitrogens with one attached hydrogen (secondary N) is 1. The summed E-state index contributed by atoms with van der Waals surface area (Å²) in [4.78, 5) is 13.4. The number of fused-ring (bicyclic) bond motifs is 1. The molecule has 38 heavy (non-hydrogen) atoms. The second-order valence-electron chi connectivity index (χ2n) is 8.78. The molecule has 0 aliphatic heterocycles. The molecule has 0 spiro atoms. The smallest absolute Gasteiger partial charge is 0.265 e. The van der Waals surface area contributed by atoms with Crippen LogP contribution in [-0.4, -0.2) is 49.3 Å². The molecule has 0 saturated carbocycles. The summed E-state index contributed by atoms with van der Waals surface area (Å²) in [6.07, 6.45) is 2.65. The van der Waals surface area contributed by atoms with Gasteiger partial charge >= 0.3 is 0 Å². The van der Waals surface area contributed by atoms with E-state index in [4.69, 9.17) is 18.9 Å². The van der Waals surface area contributed by atoms with Crippen LogP contribution in [0.2, 0.25) is 0 Å². The van der Waals surface area contributed by atoms with Crippen molar-refractivity contribution in [3.63, 3.8) is 0 Å². The Balaban J connectivity index is 1.74. The van der Waals surface area contributed by atoms with Crippen LogP contribution in [0.3, 0.4) is 0 Å². The third kappa shape index (κ3) is 5.50. The summed E-state index contributed by atoms with van der Waals surface area (Å²) >= 11 is 0. The maximum atomic E-state index is 14.0. The molecule has 1 aliphatic rings. The number of sulfonamides is 1. The molecule has 1 amide bonds. The van der Waals surface area contributed by atoms with E-state index in [1.807, 2.05) is 18.2 Å². The first-order chi connectivity index (χ1) is 18.3. The Morgan fingerprint density at radius 1 is 0.895 bits per heavy atom. The first kappa shape index (κ1) is 27.1. The van der Waals surface area contributed by atoms with Crippen LogP contribution in [0.1, 0.15) is 30.0 Å². The Morgan fingerprint density at radius 3 is 2.32 bits per heavy atom. The number of hydrogen-bond donors (Lipinski definition) is 1. The van der Waals surface area contributed by atoms with Gasteiger partial charge in [-0.1, -0.05) is 24.3 Å². The highest BCUT2D eigenvalue weighted by molar-refractivity contribution is 7.92. The molecule has 0 fully saturated rings. The van der Waals surface area contributed by atoms with Gasteiger partial charge in [-0.3, -0.25) is 9.10 Å². The lowest BCUT2D eigenvalue weighted by molar-refractivity contribution is -0.120. The van der Waals surface area contributed by atoms with Gasteiger partial charge in [-0.2, -0.15) is 0 Å². The number of carbonyl (C=O) groups excluding carboxylic acids is 1. The van der Waals surface area contributed by atoms with E-state index in [-0.39, 0.29) is 28.1 Å². The van der Waals surface area contributed by atoms with E-state index < -0.39 is 22.5 Å². The van der Waals surface area contributed by atoms with Crippen molar-refractivity contribution in [3.05, 3.63) is 71.8 Å². The van der Waals surface area contributed by atoms with Gasteiger partial charge in [0.05, 0.1) is 45.1 Å². The number of rotatable bonds is 10. The molecule has 0 heterocycles. The molecule has 4 rings (SSSR count). The Hall–Kier alpha value is -3.92. The van der Waals surface area contributed by atoms with E-state index in [0.717, 1.165) is 29.1 Å². The van der Waals surface area contributed by atoms with Crippen molar-refractivity contribution in [2.75, 3.05) is 39.3 Å². The van der Waals surface area contributed by atoms with Crippen LogP contribution in [0.15, 0.2) is 65.6 Å². The zero-order valence-electron chi connectivity index (χ0n) is 21.9. The predicted octanol–water partition coefficient (Wildman–Crippen LogP) is 4.11. The molecular formula is C28H32N2O7S. The largest absolute Gasteiger partial charge is 0.497 e. The van der Waals surface area contributed by atoms with Crippen molar-refractivity contribution in [1.82, 2.24) is 5.32 Å². The molecule has 0 unspecified atom stereocenters. The molecular weight excluding hydrogens is 508 g/mol. The zero-order valence-corrected chi connectivity index (χ0v) is 22.7. The van der Waals surface area contributed by atoms with Gasteiger partial charge in [-0.15, -0.1) is 0 Å². The van der Waals surface area contributed by atoms with Crippen LogP contribution in [-0.2, 0) is 21.2 Å². The molecule has 0 radical (unpaired) electrons. The van der Waals surface area contributed by atoms with E-state index in [0.29, 0.717) is 11.5 Å². The van der Waals surface area contributed by atoms with Gasteiger partial charge < -0.3 is 24.3 Å². The number of aryl methyl sites for hydroxylation is 1. The van der Waals surface area contributed by atoms with Gasteiger partial charge in [0.1, 0.15) is 18.0 Å². The molecule has 3 aromatic carbocycles. The maximum absolute atomic E-state index is 14.0. The molecule has 202 valence electrons. The van der Waals surface area contributed by atoms with E-state index in [2.05, 4.69) is 11.4 Å². The first-order valence-electron chi connectivity index (χ1n) is 12.2. The third-order valence-corrected chi connectivity index (χ3v) is 8.35. The average Bonchev–Trinajstić information content (AvgIpc) is 2.95. The number of nitrogens with zero attached hydrogens (tertiary/aromatic N) is 1. The highest BCUT2D eigenvalue weighted by Crippen LogP contribution is 2.38. The van der Waals surface area contributed by atoms with Crippen LogP contribution in [0.25, 0.3) is 0 Å². The molecule has 1 atom stereocenters. The van der Waals surface area contributed by atoms with Crippen LogP contribution >= 0.6 is 0 Å². The second kappa shape index (κ2) is 11.6. The second-order valence-corrected chi connectivity index (χ2v) is 10.6. The normalized spacial score (nSPS) is 14.7. The summed E-state index contributed by atoms with van der Waals surface area (Å²) in [5.41, 5.74) is 2.41. The minimum absolute atomic E-state index is 0.0733. The summed E-state index contributed by atoms with van der Waals surface area (Å²) in [6.45, 7) is -0.473. The SMILES string of the molecule is COc1ccc(OC)c(N(CC(=O)N[C@H]2CCCc3ccccc32)S(=O)(=O)c2ccc(OC)c(OC)c2)c1. The monoisotopic (exact) mass is 540 g/mol. The minimum atomic E-state index is -4.26. The molecule has 1 N–H and O–H groups in total. The highest BCUT2D eigenvalue weighted by atomic mass is 32.2. The summed E-state index contributed by atoms with van der Waals surface area (Å²) in [5, 5.41) is 3.04. The highest BCUT2D eigenvalue weighted by Gasteiger charge is 2.32. The maximum Gasteiger partial charge on any atom is 0.265 e. The van der Waals surface area contributed by atoms with Crippen molar-refractivity contribution in [2.24, 2.45) is 0 Å². The molecule has 9 nitrogen and oxygen atoms in total. The fourth-order valence-corrected chi connectivity index (χ4v) is 6.11. The number of methoxy groups -OCH3 is 4. The van der Waals surface area contributed by atoms with Crippen molar-refractivity contribution in [1.29, 1.82) is 0 Å². The third-order valence-electron chi connectivity index (χ3n) is 6.59. The molecule has 1 aliphatic carbocycles. The van der Waals surface area contributed by atoms with Gasteiger partial charge in [0, 0.05) is 12.1 Å². The summed E-state index contributed by atoms with van der Waals surface area (Å²) in [7, 11) is 1.54. The lowest BCUT2D eigenvalue weighted by Crippen LogP contribution is -2.42. The van der Waals surface area contributed by atoms with Crippen LogP contribution < -0.4 is 28.6 Å². The standard InChI is InChI=1S/C28H32N2O7S/c1-34-20-12-14-25(35-2)24(16-20)30(38(32,33)21-13-15-26(36-3)27(17-21)37-4)18-28(31)29-23-11-7-9-19-8-5-6-10-22(19)23/h5-6,8,10,12-17,23H,7,9,11,18H2,1-4H3,(H,29,31)/t23-/m0/s1. The Kier molecular flexibility index (Phi) is 8.31. The lowest BCUT2D eigenvalue weighted by Gasteiger charge is -2.29. The lowest BCUT2D eigenvalue weighted by atomic mass is 9.88. The first-order valence-corrected chi connectivity index (χ1v) is 13.6. The Morgan fingerprint density at radius 2 is 1.61 bits per heavy atom. The molecule has 0 aromatic heterocycles. The number of carbonyl (C=O) groups is 1. The van der Waals surface area contributed by atoms with E-state index >= 15 is 0 Å². The number of benzene rings is 3. The van der Waals surface area contributed by atoms with E-state index in [1.54, 1.807) is 12.1 Å². The quantitative estimate of drug-likeness (QED) is 0.413. The van der Waals surface area contributed by atoms with Gasteiger partial charge in [0.15, 0.2) is 11.5 Å². The van der Waals surface area contributed by atoms with Gasteiger partial charge in [-0.05, 0) is 54.7 Å². The van der Waals surface area contributed by atoms with Crippen molar-refractivity contribution in [3.8, 4) is 23.0 Å². The summed E-state index contributed by atoms with van der Waals surface area (Å²) < 4.78 is 50.5. The number of ether oxygens (including phenoxy) is 4. The summed E-state index contributed by atoms with van der Waals surface area (Å²) in [5.74, 6) is 0.862. The van der Waals surface area contributed by atoms with Crippen LogP contribution in [0.4, 0.5) is 5.69 Å². The van der Waals surface area contributed by atoms with Gasteiger partial charge in [0.25, 0.3) is 10.0 Å². The summed E-state index contributed by atoms with van der Waals surface area (Å²) in [6, 6.07) is 16.8. The fourth-order valence-electron chi connectivity index (χ4n) is 4.67. The topological polar surface area (TPSA) is 103 Å². The van der Waals surface area contributed by atoms with Gasteiger partial charge in [0.2, 0.25) is 5.91 Å². The van der Waals surface area contributed by atoms with Crippen LogP contribution in [0.5, 0.6) is 23.0 Å². The Labute approximate surface area is 223 Å². The Bertz CT molecular complexity index is 1410. The van der Waals surface area contributed by atoms with Crippen molar-refractivity contribution >= 4 is 21.6 Å². The van der Waals surface area contributed by atoms with Gasteiger partial charge in [-0.25, -0.2) is 8.42 Å². The predicted molar refractivity (Wildman–Crippen MR) is 144 cm³/mol. The number of hydrogen-bond acceptors (Lipinski definition) is 7. The average molecular weight is 541 g/mol. The van der Waals surface area contributed by atoms with E-state index in [1.165, 1.54) is 58.3 Å². The van der Waals surface area contributed by atoms with Crippen LogP contribution in [0, 0.1) is 0 Å². The molecule has 0 saturated heterocycles. The minimum Gasteiger partial charge on any atom is -0.497 e. The van der Waals surface area contributed by atoms with E-state index in [9.17, 15) is 13.2 Å². The molecule has 0 bridgehead atoms. The fraction of sp³-hybridized carbons (Fsp3) is 0.321. The zero-order chi connectivity index (χ0) is 27.3. The number of anilines is 1. The number of amides is 1. The molecule has 10 heteroatoms. The molecule has 3 aromatic rings. The van der Waals surface area contributed by atoms with Crippen molar-refractivity contribution in [2.45, 2.75) is 30.2 Å².